The van der Waals surface area contributed by atoms with E-state index in [9.17, 15) is 4.39 Å². The predicted molar refractivity (Wildman–Crippen MR) is 76.1 cm³/mol. The molecular formula is C13H14ClFN2OS. The Balaban J connectivity index is 2.04. The maximum atomic E-state index is 13.0. The first kappa shape index (κ1) is 14.4. The second-order valence-electron chi connectivity index (χ2n) is 3.97. The van der Waals surface area contributed by atoms with Gasteiger partial charge in [-0.3, -0.25) is 0 Å². The highest BCUT2D eigenvalue weighted by atomic mass is 35.5. The fourth-order valence-electron chi connectivity index (χ4n) is 1.61. The lowest BCUT2D eigenvalue weighted by Gasteiger charge is -2.01. The van der Waals surface area contributed by atoms with Crippen molar-refractivity contribution in [2.75, 3.05) is 20.3 Å². The summed E-state index contributed by atoms with van der Waals surface area (Å²) in [5.41, 5.74) is 1.53. The van der Waals surface area contributed by atoms with Crippen LogP contribution in [0.15, 0.2) is 24.3 Å². The standard InChI is InChI=1S/C13H14ClFN2OS/c1-18-5-4-16-8-10-7-13(17-19-10)11-3-2-9(15)6-12(11)14/h2-3,6-7,16H,4-5,8H2,1H3. The molecule has 102 valence electrons. The van der Waals surface area contributed by atoms with Gasteiger partial charge in [0.25, 0.3) is 0 Å². The summed E-state index contributed by atoms with van der Waals surface area (Å²) in [7, 11) is 1.67. The second kappa shape index (κ2) is 6.96. The van der Waals surface area contributed by atoms with Gasteiger partial charge in [0.1, 0.15) is 5.82 Å². The van der Waals surface area contributed by atoms with Crippen LogP contribution in [-0.2, 0) is 11.3 Å². The summed E-state index contributed by atoms with van der Waals surface area (Å²) in [5.74, 6) is -0.342. The van der Waals surface area contributed by atoms with Crippen molar-refractivity contribution in [3.8, 4) is 11.3 Å². The van der Waals surface area contributed by atoms with E-state index in [0.29, 0.717) is 11.6 Å². The molecule has 0 unspecified atom stereocenters. The van der Waals surface area contributed by atoms with Gasteiger partial charge in [0.05, 0.1) is 17.3 Å². The maximum Gasteiger partial charge on any atom is 0.124 e. The Labute approximate surface area is 120 Å². The molecule has 0 aliphatic heterocycles. The van der Waals surface area contributed by atoms with Crippen LogP contribution >= 0.6 is 23.1 Å². The van der Waals surface area contributed by atoms with Gasteiger partial charge in [-0.1, -0.05) is 11.6 Å². The number of nitrogens with one attached hydrogen (secondary N) is 1. The minimum absolute atomic E-state index is 0.342. The van der Waals surface area contributed by atoms with Gasteiger partial charge >= 0.3 is 0 Å². The SMILES string of the molecule is COCCNCc1cc(-c2ccc(F)cc2Cl)ns1. The fraction of sp³-hybridized carbons (Fsp3) is 0.308. The summed E-state index contributed by atoms with van der Waals surface area (Å²) < 4.78 is 22.3. The molecule has 2 aromatic rings. The summed E-state index contributed by atoms with van der Waals surface area (Å²) in [6, 6.07) is 6.29. The number of ether oxygens (including phenoxy) is 1. The van der Waals surface area contributed by atoms with Crippen LogP contribution in [0.1, 0.15) is 4.88 Å². The molecule has 0 saturated heterocycles. The first-order valence-electron chi connectivity index (χ1n) is 5.81. The Bertz CT molecular complexity index is 547. The molecule has 0 fully saturated rings. The third-order valence-electron chi connectivity index (χ3n) is 2.55. The molecule has 0 saturated carbocycles. The largest absolute Gasteiger partial charge is 0.383 e. The van der Waals surface area contributed by atoms with Crippen LogP contribution in [0.25, 0.3) is 11.3 Å². The molecule has 1 aromatic heterocycles. The van der Waals surface area contributed by atoms with Crippen molar-refractivity contribution in [1.29, 1.82) is 0 Å². The van der Waals surface area contributed by atoms with Crippen molar-refractivity contribution in [1.82, 2.24) is 9.69 Å². The topological polar surface area (TPSA) is 34.1 Å². The normalized spacial score (nSPS) is 10.9. The highest BCUT2D eigenvalue weighted by molar-refractivity contribution is 7.06. The molecule has 0 radical (unpaired) electrons. The lowest BCUT2D eigenvalue weighted by molar-refractivity contribution is 0.199. The molecule has 0 spiro atoms. The lowest BCUT2D eigenvalue weighted by atomic mass is 10.1. The average molecular weight is 301 g/mol. The van der Waals surface area contributed by atoms with E-state index < -0.39 is 0 Å². The van der Waals surface area contributed by atoms with Crippen LogP contribution in [0.5, 0.6) is 0 Å². The van der Waals surface area contributed by atoms with E-state index in [1.165, 1.54) is 23.7 Å². The average Bonchev–Trinajstić information content (AvgIpc) is 2.83. The van der Waals surface area contributed by atoms with Crippen LogP contribution in [0, 0.1) is 5.82 Å². The summed E-state index contributed by atoms with van der Waals surface area (Å²) in [6.45, 7) is 2.20. The third kappa shape index (κ3) is 3.98. The van der Waals surface area contributed by atoms with E-state index in [0.717, 1.165) is 29.2 Å². The molecule has 0 bridgehead atoms. The first-order valence-corrected chi connectivity index (χ1v) is 6.96. The van der Waals surface area contributed by atoms with Crippen molar-refractivity contribution in [3.63, 3.8) is 0 Å². The molecule has 6 heteroatoms. The predicted octanol–water partition coefficient (Wildman–Crippen LogP) is 3.34. The Morgan fingerprint density at radius 1 is 1.42 bits per heavy atom. The zero-order valence-corrected chi connectivity index (χ0v) is 12.0. The molecule has 1 heterocycles. The van der Waals surface area contributed by atoms with Crippen LogP contribution in [-0.4, -0.2) is 24.6 Å². The monoisotopic (exact) mass is 300 g/mol. The molecule has 0 aliphatic carbocycles. The highest BCUT2D eigenvalue weighted by Crippen LogP contribution is 2.29. The van der Waals surface area contributed by atoms with E-state index in [4.69, 9.17) is 16.3 Å². The van der Waals surface area contributed by atoms with E-state index in [2.05, 4.69) is 9.69 Å². The van der Waals surface area contributed by atoms with Gasteiger partial charge in [-0.25, -0.2) is 4.39 Å². The zero-order chi connectivity index (χ0) is 13.7. The molecule has 2 rings (SSSR count). The van der Waals surface area contributed by atoms with Crippen LogP contribution in [0.4, 0.5) is 4.39 Å². The number of hydrogen-bond acceptors (Lipinski definition) is 4. The maximum absolute atomic E-state index is 13.0. The fourth-order valence-corrected chi connectivity index (χ4v) is 2.57. The summed E-state index contributed by atoms with van der Waals surface area (Å²) in [5, 5.41) is 3.62. The first-order chi connectivity index (χ1) is 9.20. The van der Waals surface area contributed by atoms with E-state index in [-0.39, 0.29) is 5.82 Å². The lowest BCUT2D eigenvalue weighted by Crippen LogP contribution is -2.17. The Morgan fingerprint density at radius 2 is 2.26 bits per heavy atom. The Kier molecular flexibility index (Phi) is 5.27. The summed E-state index contributed by atoms with van der Waals surface area (Å²) >= 11 is 7.42. The van der Waals surface area contributed by atoms with Gasteiger partial charge < -0.3 is 10.1 Å². The number of nitrogens with zero attached hydrogens (tertiary/aromatic N) is 1. The van der Waals surface area contributed by atoms with Crippen molar-refractivity contribution in [3.05, 3.63) is 40.0 Å². The van der Waals surface area contributed by atoms with Gasteiger partial charge in [-0.2, -0.15) is 4.37 Å². The van der Waals surface area contributed by atoms with Gasteiger partial charge in [-0.05, 0) is 35.8 Å². The van der Waals surface area contributed by atoms with Gasteiger partial charge in [0.2, 0.25) is 0 Å². The van der Waals surface area contributed by atoms with Crippen molar-refractivity contribution in [2.24, 2.45) is 0 Å². The Morgan fingerprint density at radius 3 is 3.00 bits per heavy atom. The molecule has 0 atom stereocenters. The smallest absolute Gasteiger partial charge is 0.124 e. The van der Waals surface area contributed by atoms with Crippen LogP contribution in [0.3, 0.4) is 0 Å². The minimum atomic E-state index is -0.342. The van der Waals surface area contributed by atoms with Crippen molar-refractivity contribution >= 4 is 23.1 Å². The number of benzene rings is 1. The molecule has 0 aliphatic rings. The van der Waals surface area contributed by atoms with Crippen molar-refractivity contribution < 1.29 is 9.13 Å². The second-order valence-corrected chi connectivity index (χ2v) is 5.27. The number of hydrogen-bond donors (Lipinski definition) is 1. The molecule has 1 aromatic carbocycles. The van der Waals surface area contributed by atoms with Crippen LogP contribution in [0.2, 0.25) is 5.02 Å². The highest BCUT2D eigenvalue weighted by Gasteiger charge is 2.09. The van der Waals surface area contributed by atoms with Gasteiger partial charge in [-0.15, -0.1) is 0 Å². The minimum Gasteiger partial charge on any atom is -0.383 e. The van der Waals surface area contributed by atoms with Crippen LogP contribution < -0.4 is 5.32 Å². The van der Waals surface area contributed by atoms with Crippen molar-refractivity contribution in [2.45, 2.75) is 6.54 Å². The quantitative estimate of drug-likeness (QED) is 0.831. The Hall–Kier alpha value is -1.01. The molecule has 19 heavy (non-hydrogen) atoms. The third-order valence-corrected chi connectivity index (χ3v) is 3.65. The summed E-state index contributed by atoms with van der Waals surface area (Å²) in [4.78, 5) is 1.10. The van der Waals surface area contributed by atoms with Gasteiger partial charge in [0.15, 0.2) is 0 Å². The van der Waals surface area contributed by atoms with E-state index >= 15 is 0 Å². The molecular weight excluding hydrogens is 287 g/mol. The number of aromatic nitrogens is 1. The van der Waals surface area contributed by atoms with E-state index in [1.807, 2.05) is 6.07 Å². The van der Waals surface area contributed by atoms with Gasteiger partial charge in [0, 0.05) is 30.6 Å². The number of methoxy groups -OCH3 is 1. The molecule has 1 N–H and O–H groups in total. The van der Waals surface area contributed by atoms with E-state index in [1.54, 1.807) is 13.2 Å². The molecule has 0 amide bonds. The molecule has 3 nitrogen and oxygen atoms in total. The number of rotatable bonds is 6. The summed E-state index contributed by atoms with van der Waals surface area (Å²) in [6.07, 6.45) is 0. The number of halogens is 2. The zero-order valence-electron chi connectivity index (χ0n) is 10.5.